The number of carbonyl (C=O) groups is 2. The lowest BCUT2D eigenvalue weighted by Gasteiger charge is -2.31. The van der Waals surface area contributed by atoms with E-state index in [4.69, 9.17) is 0 Å². The second-order valence-electron chi connectivity index (χ2n) is 6.53. The van der Waals surface area contributed by atoms with Gasteiger partial charge in [-0.05, 0) is 54.6 Å². The van der Waals surface area contributed by atoms with Crippen LogP contribution in [0.3, 0.4) is 0 Å². The van der Waals surface area contributed by atoms with E-state index in [-0.39, 0.29) is 17.9 Å². The third kappa shape index (κ3) is 3.93. The van der Waals surface area contributed by atoms with E-state index in [1.165, 1.54) is 11.3 Å². The van der Waals surface area contributed by atoms with Crippen LogP contribution in [0.1, 0.15) is 12.8 Å². The summed E-state index contributed by atoms with van der Waals surface area (Å²) in [6.45, 7) is 1.15. The number of anilines is 2. The molecule has 1 aliphatic heterocycles. The number of likely N-dealkylation sites (tertiary alicyclic amines) is 1. The standard InChI is InChI=1S/C20H20N4O2S/c25-19(22-17-6-1-5-16-15(17)4-2-10-21-16)14-8-11-24(12-9-14)20(26)23-18-7-3-13-27-18/h1-7,10,13-14H,8-9,11-12H2,(H,22,25)(H,23,26). The molecule has 0 unspecified atom stereocenters. The number of thiophene rings is 1. The molecule has 1 saturated heterocycles. The Balaban J connectivity index is 1.35. The van der Waals surface area contributed by atoms with Gasteiger partial charge in [-0.3, -0.25) is 15.1 Å². The molecule has 1 fully saturated rings. The number of piperidine rings is 1. The fourth-order valence-corrected chi connectivity index (χ4v) is 3.93. The molecule has 0 spiro atoms. The molecule has 138 valence electrons. The predicted molar refractivity (Wildman–Crippen MR) is 108 cm³/mol. The van der Waals surface area contributed by atoms with Gasteiger partial charge < -0.3 is 10.2 Å². The first-order valence-electron chi connectivity index (χ1n) is 8.95. The van der Waals surface area contributed by atoms with Gasteiger partial charge in [0, 0.05) is 30.6 Å². The maximum atomic E-state index is 12.7. The molecule has 6 nitrogen and oxygen atoms in total. The summed E-state index contributed by atoms with van der Waals surface area (Å²) in [5.74, 6) is -0.0904. The Labute approximate surface area is 161 Å². The van der Waals surface area contributed by atoms with E-state index in [1.54, 1.807) is 11.1 Å². The first kappa shape index (κ1) is 17.5. The third-order valence-corrected chi connectivity index (χ3v) is 5.59. The number of hydrogen-bond donors (Lipinski definition) is 2. The van der Waals surface area contributed by atoms with Gasteiger partial charge in [-0.1, -0.05) is 6.07 Å². The van der Waals surface area contributed by atoms with Gasteiger partial charge in [-0.15, -0.1) is 11.3 Å². The van der Waals surface area contributed by atoms with Crippen molar-refractivity contribution in [3.63, 3.8) is 0 Å². The highest BCUT2D eigenvalue weighted by atomic mass is 32.1. The van der Waals surface area contributed by atoms with Crippen LogP contribution in [0.2, 0.25) is 0 Å². The van der Waals surface area contributed by atoms with Crippen LogP contribution in [0.15, 0.2) is 54.0 Å². The molecule has 27 heavy (non-hydrogen) atoms. The van der Waals surface area contributed by atoms with Gasteiger partial charge in [0.15, 0.2) is 0 Å². The molecule has 3 amide bonds. The van der Waals surface area contributed by atoms with E-state index in [2.05, 4.69) is 15.6 Å². The van der Waals surface area contributed by atoms with Crippen molar-refractivity contribution in [2.24, 2.45) is 5.92 Å². The molecule has 0 aliphatic carbocycles. The molecule has 0 radical (unpaired) electrons. The Bertz CT molecular complexity index is 944. The van der Waals surface area contributed by atoms with E-state index in [9.17, 15) is 9.59 Å². The minimum Gasteiger partial charge on any atom is -0.325 e. The van der Waals surface area contributed by atoms with E-state index in [1.807, 2.05) is 47.8 Å². The average molecular weight is 380 g/mol. The maximum absolute atomic E-state index is 12.7. The zero-order valence-electron chi connectivity index (χ0n) is 14.7. The average Bonchev–Trinajstić information content (AvgIpc) is 3.21. The normalized spacial score (nSPS) is 14.9. The number of urea groups is 1. The fourth-order valence-electron chi connectivity index (χ4n) is 3.33. The third-order valence-electron chi connectivity index (χ3n) is 4.81. The van der Waals surface area contributed by atoms with Crippen LogP contribution < -0.4 is 10.6 Å². The zero-order chi connectivity index (χ0) is 18.6. The van der Waals surface area contributed by atoms with Crippen molar-refractivity contribution in [1.82, 2.24) is 9.88 Å². The van der Waals surface area contributed by atoms with Crippen LogP contribution in [0.5, 0.6) is 0 Å². The molecule has 7 heteroatoms. The molecular weight excluding hydrogens is 360 g/mol. The summed E-state index contributed by atoms with van der Waals surface area (Å²) in [4.78, 5) is 31.1. The summed E-state index contributed by atoms with van der Waals surface area (Å²) in [6, 6.07) is 13.2. The number of aromatic nitrogens is 1. The smallest absolute Gasteiger partial charge is 0.322 e. The molecule has 0 atom stereocenters. The van der Waals surface area contributed by atoms with Crippen molar-refractivity contribution in [3.05, 3.63) is 54.0 Å². The Morgan fingerprint density at radius 1 is 1.04 bits per heavy atom. The van der Waals surface area contributed by atoms with Crippen LogP contribution >= 0.6 is 11.3 Å². The minimum absolute atomic E-state index is 0.00432. The lowest BCUT2D eigenvalue weighted by Crippen LogP contribution is -2.43. The largest absolute Gasteiger partial charge is 0.325 e. The molecule has 1 aromatic carbocycles. The molecule has 2 aromatic heterocycles. The van der Waals surface area contributed by atoms with Gasteiger partial charge in [0.05, 0.1) is 16.2 Å². The van der Waals surface area contributed by atoms with Crippen LogP contribution in [0, 0.1) is 5.92 Å². The van der Waals surface area contributed by atoms with E-state index in [0.29, 0.717) is 25.9 Å². The van der Waals surface area contributed by atoms with E-state index < -0.39 is 0 Å². The lowest BCUT2D eigenvalue weighted by molar-refractivity contribution is -0.121. The number of pyridine rings is 1. The number of rotatable bonds is 3. The number of fused-ring (bicyclic) bond motifs is 1. The van der Waals surface area contributed by atoms with E-state index >= 15 is 0 Å². The number of hydrogen-bond acceptors (Lipinski definition) is 4. The molecule has 0 saturated carbocycles. The van der Waals surface area contributed by atoms with Gasteiger partial charge in [0.2, 0.25) is 5.91 Å². The summed E-state index contributed by atoms with van der Waals surface area (Å²) in [5.41, 5.74) is 1.64. The maximum Gasteiger partial charge on any atom is 0.322 e. The lowest BCUT2D eigenvalue weighted by atomic mass is 9.96. The van der Waals surface area contributed by atoms with E-state index in [0.717, 1.165) is 21.6 Å². The van der Waals surface area contributed by atoms with Crippen LogP contribution in [0.4, 0.5) is 15.5 Å². The van der Waals surface area contributed by atoms with Gasteiger partial charge in [0.25, 0.3) is 0 Å². The monoisotopic (exact) mass is 380 g/mol. The molecule has 2 N–H and O–H groups in total. The number of benzene rings is 1. The summed E-state index contributed by atoms with van der Waals surface area (Å²) < 4.78 is 0. The van der Waals surface area contributed by atoms with Gasteiger partial charge in [0.1, 0.15) is 0 Å². The molecule has 3 aromatic rings. The van der Waals surface area contributed by atoms with Gasteiger partial charge >= 0.3 is 6.03 Å². The zero-order valence-corrected chi connectivity index (χ0v) is 15.5. The molecular formula is C20H20N4O2S. The first-order valence-corrected chi connectivity index (χ1v) is 9.83. The van der Waals surface area contributed by atoms with Crippen molar-refractivity contribution in [1.29, 1.82) is 0 Å². The van der Waals surface area contributed by atoms with Crippen molar-refractivity contribution in [2.45, 2.75) is 12.8 Å². The Morgan fingerprint density at radius 2 is 1.89 bits per heavy atom. The summed E-state index contributed by atoms with van der Waals surface area (Å²) in [5, 5.41) is 9.63. The van der Waals surface area contributed by atoms with Crippen LogP contribution in [-0.4, -0.2) is 34.9 Å². The first-order chi connectivity index (χ1) is 13.2. The highest BCUT2D eigenvalue weighted by molar-refractivity contribution is 7.14. The Kier molecular flexibility index (Phi) is 5.02. The molecule has 4 rings (SSSR count). The van der Waals surface area contributed by atoms with Crippen LogP contribution in [-0.2, 0) is 4.79 Å². The molecule has 0 bridgehead atoms. The summed E-state index contributed by atoms with van der Waals surface area (Å²) in [7, 11) is 0. The minimum atomic E-state index is -0.101. The van der Waals surface area contributed by atoms with Crippen molar-refractivity contribution >= 4 is 44.9 Å². The highest BCUT2D eigenvalue weighted by Crippen LogP contribution is 2.25. The number of nitrogens with zero attached hydrogens (tertiary/aromatic N) is 2. The fraction of sp³-hybridized carbons (Fsp3) is 0.250. The summed E-state index contributed by atoms with van der Waals surface area (Å²) in [6.07, 6.45) is 3.06. The second kappa shape index (κ2) is 7.75. The van der Waals surface area contributed by atoms with Crippen LogP contribution in [0.25, 0.3) is 10.9 Å². The summed E-state index contributed by atoms with van der Waals surface area (Å²) >= 11 is 1.49. The van der Waals surface area contributed by atoms with Gasteiger partial charge in [-0.25, -0.2) is 4.79 Å². The van der Waals surface area contributed by atoms with Crippen molar-refractivity contribution < 1.29 is 9.59 Å². The number of amides is 3. The molecule has 1 aliphatic rings. The number of carbonyl (C=O) groups excluding carboxylic acids is 2. The quantitative estimate of drug-likeness (QED) is 0.716. The van der Waals surface area contributed by atoms with Gasteiger partial charge in [-0.2, -0.15) is 0 Å². The van der Waals surface area contributed by atoms with Crippen molar-refractivity contribution in [3.8, 4) is 0 Å². The Hall–Kier alpha value is -2.93. The predicted octanol–water partition coefficient (Wildman–Crippen LogP) is 4.18. The topological polar surface area (TPSA) is 74.3 Å². The number of nitrogens with one attached hydrogen (secondary N) is 2. The SMILES string of the molecule is O=C(Nc1cccc2ncccc12)C1CCN(C(=O)Nc2cccs2)CC1. The highest BCUT2D eigenvalue weighted by Gasteiger charge is 2.27. The second-order valence-corrected chi connectivity index (χ2v) is 7.48. The van der Waals surface area contributed by atoms with Crippen molar-refractivity contribution in [2.75, 3.05) is 23.7 Å². The molecule has 3 heterocycles. The Morgan fingerprint density at radius 3 is 2.67 bits per heavy atom.